The van der Waals surface area contributed by atoms with Gasteiger partial charge in [0.15, 0.2) is 17.3 Å². The van der Waals surface area contributed by atoms with Crippen LogP contribution in [-0.4, -0.2) is 41.5 Å². The molecule has 4 aromatic rings. The number of nitrogens with zero attached hydrogens (tertiary/aromatic N) is 4. The van der Waals surface area contributed by atoms with Gasteiger partial charge in [0.2, 0.25) is 0 Å². The van der Waals surface area contributed by atoms with Crippen LogP contribution in [-0.2, 0) is 6.54 Å². The number of nitrogens with two attached hydrogens (primary N) is 1. The zero-order chi connectivity index (χ0) is 27.8. The lowest BCUT2D eigenvalue weighted by Crippen LogP contribution is -2.21. The number of hydrogen-bond donors (Lipinski definition) is 2. The molecule has 4 rings (SSSR count). The number of hydrogen-bond acceptors (Lipinski definition) is 9. The predicted molar refractivity (Wildman–Crippen MR) is 147 cm³/mol. The Morgan fingerprint density at radius 2 is 1.79 bits per heavy atom. The monoisotopic (exact) mass is 524 g/mol. The molecule has 10 heteroatoms. The molecule has 0 aliphatic carbocycles. The second kappa shape index (κ2) is 12.3. The number of amides is 1. The minimum absolute atomic E-state index is 0.0272. The number of aromatic nitrogens is 2. The molecule has 0 saturated heterocycles. The summed E-state index contributed by atoms with van der Waals surface area (Å²) in [6, 6.07) is 23.2. The molecule has 3 N–H and O–H groups in total. The first-order chi connectivity index (χ1) is 18.9. The van der Waals surface area contributed by atoms with Crippen molar-refractivity contribution in [1.29, 1.82) is 5.26 Å². The second-order valence-corrected chi connectivity index (χ2v) is 8.55. The Balaban J connectivity index is 1.72. The van der Waals surface area contributed by atoms with Gasteiger partial charge in [0.25, 0.3) is 11.8 Å². The number of carbonyl (C=O) groups is 1. The number of nitrogens with one attached hydrogen (secondary N) is 1. The van der Waals surface area contributed by atoms with Crippen molar-refractivity contribution in [3.63, 3.8) is 0 Å². The highest BCUT2D eigenvalue weighted by atomic mass is 16.5. The van der Waals surface area contributed by atoms with Gasteiger partial charge in [0.05, 0.1) is 18.2 Å². The fraction of sp³-hybridized carbons (Fsp3) is 0.172. The van der Waals surface area contributed by atoms with E-state index in [4.69, 9.17) is 19.9 Å². The van der Waals surface area contributed by atoms with Crippen LogP contribution in [0.2, 0.25) is 0 Å². The molecule has 0 aliphatic heterocycles. The Hall–Kier alpha value is -5.30. The summed E-state index contributed by atoms with van der Waals surface area (Å²) >= 11 is 0. The molecule has 0 fully saturated rings. The third-order valence-corrected chi connectivity index (χ3v) is 5.47. The van der Waals surface area contributed by atoms with E-state index in [1.807, 2.05) is 37.3 Å². The maximum atomic E-state index is 12.4. The molecule has 1 aromatic heterocycles. The Bertz CT molecular complexity index is 1500. The number of nitrogen functional groups attached to an aromatic ring is 1. The van der Waals surface area contributed by atoms with E-state index in [1.54, 1.807) is 56.6 Å². The fourth-order valence-electron chi connectivity index (χ4n) is 3.56. The van der Waals surface area contributed by atoms with Gasteiger partial charge in [-0.05, 0) is 42.8 Å². The van der Waals surface area contributed by atoms with E-state index >= 15 is 0 Å². The van der Waals surface area contributed by atoms with E-state index in [-0.39, 0.29) is 35.1 Å². The standard InChI is InChI=1S/C29H28N6O4/c1-4-37-23-14-13-20(17-30)15-24(23)39-29-33-26(32-18-19-9-6-5-7-10-19)25(31)27(34-29)38-22-12-8-11-21(16-22)28(36)35(2)3/h5-16H,4,18,31H2,1-3H3,(H,32,33,34). The summed E-state index contributed by atoms with van der Waals surface area (Å²) < 4.78 is 17.7. The van der Waals surface area contributed by atoms with E-state index in [0.29, 0.717) is 35.8 Å². The van der Waals surface area contributed by atoms with Gasteiger partial charge in [-0.25, -0.2) is 0 Å². The number of anilines is 2. The summed E-state index contributed by atoms with van der Waals surface area (Å²) in [5.41, 5.74) is 8.40. The highest BCUT2D eigenvalue weighted by Crippen LogP contribution is 2.36. The second-order valence-electron chi connectivity index (χ2n) is 8.55. The summed E-state index contributed by atoms with van der Waals surface area (Å²) in [5, 5.41) is 12.6. The van der Waals surface area contributed by atoms with Gasteiger partial charge in [-0.15, -0.1) is 0 Å². The molecule has 3 aromatic carbocycles. The van der Waals surface area contributed by atoms with Crippen molar-refractivity contribution in [1.82, 2.24) is 14.9 Å². The molecular formula is C29H28N6O4. The maximum absolute atomic E-state index is 12.4. The zero-order valence-electron chi connectivity index (χ0n) is 21.8. The SMILES string of the molecule is CCOc1ccc(C#N)cc1Oc1nc(NCc2ccccc2)c(N)c(Oc2cccc(C(=O)N(C)C)c2)n1. The van der Waals surface area contributed by atoms with E-state index in [1.165, 1.54) is 4.90 Å². The highest BCUT2D eigenvalue weighted by Gasteiger charge is 2.18. The highest BCUT2D eigenvalue weighted by molar-refractivity contribution is 5.94. The van der Waals surface area contributed by atoms with Crippen molar-refractivity contribution in [2.75, 3.05) is 31.8 Å². The van der Waals surface area contributed by atoms with E-state index in [2.05, 4.69) is 21.4 Å². The summed E-state index contributed by atoms with van der Waals surface area (Å²) in [5.74, 6) is 1.18. The molecule has 1 amide bonds. The Kier molecular flexibility index (Phi) is 8.43. The molecule has 0 saturated carbocycles. The first kappa shape index (κ1) is 26.8. The molecule has 0 spiro atoms. The third-order valence-electron chi connectivity index (χ3n) is 5.47. The summed E-state index contributed by atoms with van der Waals surface area (Å²) in [7, 11) is 3.34. The zero-order valence-corrected chi connectivity index (χ0v) is 21.8. The molecule has 39 heavy (non-hydrogen) atoms. The number of ether oxygens (including phenoxy) is 3. The third kappa shape index (κ3) is 6.72. The van der Waals surface area contributed by atoms with Crippen molar-refractivity contribution in [3.05, 3.63) is 89.5 Å². The van der Waals surface area contributed by atoms with Gasteiger partial charge in [0, 0.05) is 32.3 Å². The van der Waals surface area contributed by atoms with Crippen LogP contribution in [0.3, 0.4) is 0 Å². The van der Waals surface area contributed by atoms with Gasteiger partial charge in [0.1, 0.15) is 11.4 Å². The van der Waals surface area contributed by atoms with Crippen LogP contribution in [0.5, 0.6) is 29.1 Å². The molecule has 10 nitrogen and oxygen atoms in total. The lowest BCUT2D eigenvalue weighted by molar-refractivity contribution is 0.0827. The van der Waals surface area contributed by atoms with Crippen LogP contribution in [0.4, 0.5) is 11.5 Å². The van der Waals surface area contributed by atoms with Crippen molar-refractivity contribution in [2.24, 2.45) is 0 Å². The van der Waals surface area contributed by atoms with Crippen LogP contribution in [0.25, 0.3) is 0 Å². The average molecular weight is 525 g/mol. The Morgan fingerprint density at radius 3 is 2.51 bits per heavy atom. The van der Waals surface area contributed by atoms with Crippen LogP contribution in [0.15, 0.2) is 72.8 Å². The topological polar surface area (TPSA) is 136 Å². The van der Waals surface area contributed by atoms with Gasteiger partial charge < -0.3 is 30.2 Å². The first-order valence-corrected chi connectivity index (χ1v) is 12.2. The van der Waals surface area contributed by atoms with E-state index in [9.17, 15) is 10.1 Å². The fourth-order valence-corrected chi connectivity index (χ4v) is 3.56. The van der Waals surface area contributed by atoms with Crippen LogP contribution in [0.1, 0.15) is 28.4 Å². The Morgan fingerprint density at radius 1 is 1.00 bits per heavy atom. The largest absolute Gasteiger partial charge is 0.490 e. The molecule has 1 heterocycles. The molecule has 0 atom stereocenters. The number of nitriles is 1. The number of rotatable bonds is 10. The van der Waals surface area contributed by atoms with Gasteiger partial charge in [-0.1, -0.05) is 36.4 Å². The molecule has 0 bridgehead atoms. The van der Waals surface area contributed by atoms with Gasteiger partial charge in [-0.2, -0.15) is 15.2 Å². The summed E-state index contributed by atoms with van der Waals surface area (Å²) in [6.45, 7) is 2.67. The first-order valence-electron chi connectivity index (χ1n) is 12.2. The summed E-state index contributed by atoms with van der Waals surface area (Å²) in [4.78, 5) is 22.8. The minimum atomic E-state index is -0.175. The summed E-state index contributed by atoms with van der Waals surface area (Å²) in [6.07, 6.45) is 0. The molecule has 0 unspecified atom stereocenters. The molecule has 198 valence electrons. The van der Waals surface area contributed by atoms with Crippen LogP contribution in [0, 0.1) is 11.3 Å². The minimum Gasteiger partial charge on any atom is -0.490 e. The van der Waals surface area contributed by atoms with Gasteiger partial charge >= 0.3 is 6.01 Å². The van der Waals surface area contributed by atoms with Crippen LogP contribution >= 0.6 is 0 Å². The Labute approximate surface area is 226 Å². The quantitative estimate of drug-likeness (QED) is 0.286. The smallest absolute Gasteiger partial charge is 0.327 e. The maximum Gasteiger partial charge on any atom is 0.327 e. The van der Waals surface area contributed by atoms with Crippen molar-refractivity contribution >= 4 is 17.4 Å². The lowest BCUT2D eigenvalue weighted by Gasteiger charge is -2.16. The average Bonchev–Trinajstić information content (AvgIpc) is 2.95. The molecule has 0 aliphatic rings. The van der Waals surface area contributed by atoms with Crippen molar-refractivity contribution in [2.45, 2.75) is 13.5 Å². The lowest BCUT2D eigenvalue weighted by atomic mass is 10.2. The number of carbonyl (C=O) groups excluding carboxylic acids is 1. The number of benzene rings is 3. The van der Waals surface area contributed by atoms with Crippen LogP contribution < -0.4 is 25.3 Å². The normalized spacial score (nSPS) is 10.3. The van der Waals surface area contributed by atoms with E-state index in [0.717, 1.165) is 5.56 Å². The van der Waals surface area contributed by atoms with Gasteiger partial charge in [-0.3, -0.25) is 4.79 Å². The molecular weight excluding hydrogens is 496 g/mol. The van der Waals surface area contributed by atoms with Crippen molar-refractivity contribution in [3.8, 4) is 35.2 Å². The van der Waals surface area contributed by atoms with E-state index < -0.39 is 0 Å². The van der Waals surface area contributed by atoms with Crippen molar-refractivity contribution < 1.29 is 19.0 Å². The predicted octanol–water partition coefficient (Wildman–Crippen LogP) is 5.23. The molecule has 0 radical (unpaired) electrons.